The van der Waals surface area contributed by atoms with Gasteiger partial charge in [-0.1, -0.05) is 34.1 Å². The van der Waals surface area contributed by atoms with Gasteiger partial charge >= 0.3 is 0 Å². The first-order valence-electron chi connectivity index (χ1n) is 6.87. The molecule has 5 heteroatoms. The maximum atomic E-state index is 12.3. The number of nitriles is 1. The zero-order valence-corrected chi connectivity index (χ0v) is 14.3. The highest BCUT2D eigenvalue weighted by molar-refractivity contribution is 9.10. The molecule has 0 bridgehead atoms. The molecule has 0 fully saturated rings. The predicted octanol–water partition coefficient (Wildman–Crippen LogP) is 4.31. The monoisotopic (exact) mass is 370 g/mol. The minimum absolute atomic E-state index is 0.0109. The normalized spacial score (nSPS) is 10.8. The van der Waals surface area contributed by atoms with Gasteiger partial charge in [0.15, 0.2) is 0 Å². The Labute approximate surface area is 143 Å². The number of amides is 1. The number of ether oxygens (including phenoxy) is 1. The molecule has 0 aliphatic heterocycles. The number of halogens is 1. The second-order valence-corrected chi connectivity index (χ2v) is 5.74. The Bertz CT molecular complexity index is 807. The van der Waals surface area contributed by atoms with Crippen molar-refractivity contribution in [1.29, 1.82) is 5.26 Å². The van der Waals surface area contributed by atoms with Gasteiger partial charge in [0.25, 0.3) is 5.91 Å². The third kappa shape index (κ3) is 4.21. The number of hydrogen-bond donors (Lipinski definition) is 1. The minimum Gasteiger partial charge on any atom is -0.496 e. The molecule has 116 valence electrons. The van der Waals surface area contributed by atoms with Gasteiger partial charge in [0.2, 0.25) is 0 Å². The van der Waals surface area contributed by atoms with E-state index in [9.17, 15) is 10.1 Å². The summed E-state index contributed by atoms with van der Waals surface area (Å²) in [4.78, 5) is 12.3. The van der Waals surface area contributed by atoms with Gasteiger partial charge in [-0.2, -0.15) is 5.26 Å². The van der Waals surface area contributed by atoms with E-state index >= 15 is 0 Å². The van der Waals surface area contributed by atoms with E-state index in [4.69, 9.17) is 4.74 Å². The van der Waals surface area contributed by atoms with Crippen LogP contribution in [-0.2, 0) is 4.79 Å². The molecule has 1 N–H and O–H groups in total. The van der Waals surface area contributed by atoms with E-state index in [0.717, 1.165) is 10.0 Å². The van der Waals surface area contributed by atoms with Crippen molar-refractivity contribution in [1.82, 2.24) is 0 Å². The molecule has 0 heterocycles. The third-order valence-electron chi connectivity index (χ3n) is 3.24. The largest absolute Gasteiger partial charge is 0.496 e. The minimum atomic E-state index is -0.455. The van der Waals surface area contributed by atoms with Crippen LogP contribution in [-0.4, -0.2) is 13.0 Å². The second-order valence-electron chi connectivity index (χ2n) is 4.83. The van der Waals surface area contributed by atoms with Crippen molar-refractivity contribution in [3.63, 3.8) is 0 Å². The summed E-state index contributed by atoms with van der Waals surface area (Å²) >= 11 is 3.37. The summed E-state index contributed by atoms with van der Waals surface area (Å²) in [6.07, 6.45) is 1.52. The van der Waals surface area contributed by atoms with Crippen LogP contribution < -0.4 is 10.1 Å². The molecule has 0 saturated heterocycles. The van der Waals surface area contributed by atoms with Crippen molar-refractivity contribution in [3.8, 4) is 11.8 Å². The van der Waals surface area contributed by atoms with Crippen molar-refractivity contribution in [2.45, 2.75) is 6.92 Å². The molecule has 2 rings (SSSR count). The summed E-state index contributed by atoms with van der Waals surface area (Å²) in [5, 5.41) is 12.0. The smallest absolute Gasteiger partial charge is 0.266 e. The van der Waals surface area contributed by atoms with E-state index in [0.29, 0.717) is 17.0 Å². The fourth-order valence-corrected chi connectivity index (χ4v) is 2.52. The van der Waals surface area contributed by atoms with Gasteiger partial charge in [0.05, 0.1) is 7.11 Å². The number of aryl methyl sites for hydroxylation is 1. The standard InChI is InChI=1S/C18H15BrN2O2/c1-12-9-15(19)7-8-16(12)21-18(22)14(11-20)10-13-5-3-4-6-17(13)23-2/h3-10H,1-2H3,(H,21,22)/b14-10+. The highest BCUT2D eigenvalue weighted by Gasteiger charge is 2.12. The van der Waals surface area contributed by atoms with E-state index in [-0.39, 0.29) is 5.57 Å². The summed E-state index contributed by atoms with van der Waals surface area (Å²) < 4.78 is 6.16. The molecule has 0 aromatic heterocycles. The highest BCUT2D eigenvalue weighted by atomic mass is 79.9. The second kappa shape index (κ2) is 7.61. The summed E-state index contributed by atoms with van der Waals surface area (Å²) in [6.45, 7) is 1.89. The van der Waals surface area contributed by atoms with E-state index in [1.165, 1.54) is 6.08 Å². The molecular formula is C18H15BrN2O2. The quantitative estimate of drug-likeness (QED) is 0.644. The molecule has 2 aromatic rings. The molecule has 0 aliphatic carbocycles. The van der Waals surface area contributed by atoms with Crippen molar-refractivity contribution in [2.75, 3.05) is 12.4 Å². The number of methoxy groups -OCH3 is 1. The Hall–Kier alpha value is -2.58. The Balaban J connectivity index is 2.28. The predicted molar refractivity (Wildman–Crippen MR) is 94.1 cm³/mol. The van der Waals surface area contributed by atoms with Crippen LogP contribution in [0.15, 0.2) is 52.5 Å². The number of carbonyl (C=O) groups excluding carboxylic acids is 1. The van der Waals surface area contributed by atoms with Crippen LogP contribution in [0.1, 0.15) is 11.1 Å². The fraction of sp³-hybridized carbons (Fsp3) is 0.111. The van der Waals surface area contributed by atoms with Crippen LogP contribution in [0.3, 0.4) is 0 Å². The summed E-state index contributed by atoms with van der Waals surface area (Å²) in [5.74, 6) is 0.150. The molecule has 0 spiro atoms. The van der Waals surface area contributed by atoms with Gasteiger partial charge in [-0.15, -0.1) is 0 Å². The van der Waals surface area contributed by atoms with E-state index in [2.05, 4.69) is 21.2 Å². The lowest BCUT2D eigenvalue weighted by Gasteiger charge is -2.09. The van der Waals surface area contributed by atoms with E-state index < -0.39 is 5.91 Å². The number of para-hydroxylation sites is 1. The molecule has 0 aliphatic rings. The zero-order valence-electron chi connectivity index (χ0n) is 12.8. The first-order chi connectivity index (χ1) is 11.0. The third-order valence-corrected chi connectivity index (χ3v) is 3.73. The lowest BCUT2D eigenvalue weighted by atomic mass is 10.1. The van der Waals surface area contributed by atoms with Crippen molar-refractivity contribution in [3.05, 3.63) is 63.6 Å². The van der Waals surface area contributed by atoms with Crippen molar-refractivity contribution < 1.29 is 9.53 Å². The van der Waals surface area contributed by atoms with Crippen molar-refractivity contribution >= 4 is 33.6 Å². The molecule has 0 saturated carbocycles. The number of carbonyl (C=O) groups is 1. The molecule has 2 aromatic carbocycles. The number of nitrogens with zero attached hydrogens (tertiary/aromatic N) is 1. The summed E-state index contributed by atoms with van der Waals surface area (Å²) in [6, 6.07) is 14.7. The van der Waals surface area contributed by atoms with Crippen LogP contribution in [0.5, 0.6) is 5.75 Å². The van der Waals surface area contributed by atoms with Gasteiger partial charge in [-0.05, 0) is 42.8 Å². The number of anilines is 1. The molecule has 0 atom stereocenters. The Morgan fingerprint density at radius 1 is 1.30 bits per heavy atom. The van der Waals surface area contributed by atoms with E-state index in [1.54, 1.807) is 25.3 Å². The topological polar surface area (TPSA) is 62.1 Å². The fourth-order valence-electron chi connectivity index (χ4n) is 2.05. The molecule has 1 amide bonds. The Kier molecular flexibility index (Phi) is 5.56. The highest BCUT2D eigenvalue weighted by Crippen LogP contribution is 2.23. The number of rotatable bonds is 4. The number of nitrogens with one attached hydrogen (secondary N) is 1. The van der Waals surface area contributed by atoms with Crippen LogP contribution in [0.4, 0.5) is 5.69 Å². The van der Waals surface area contributed by atoms with Gasteiger partial charge in [-0.25, -0.2) is 0 Å². The lowest BCUT2D eigenvalue weighted by Crippen LogP contribution is -2.14. The van der Waals surface area contributed by atoms with Gasteiger partial charge in [0.1, 0.15) is 17.4 Å². The number of hydrogen-bond acceptors (Lipinski definition) is 3. The lowest BCUT2D eigenvalue weighted by molar-refractivity contribution is -0.112. The number of benzene rings is 2. The summed E-state index contributed by atoms with van der Waals surface area (Å²) in [5.41, 5.74) is 2.26. The average Bonchev–Trinajstić information content (AvgIpc) is 2.55. The molecule has 4 nitrogen and oxygen atoms in total. The zero-order chi connectivity index (χ0) is 16.8. The first kappa shape index (κ1) is 16.8. The first-order valence-corrected chi connectivity index (χ1v) is 7.66. The van der Waals surface area contributed by atoms with Crippen LogP contribution >= 0.6 is 15.9 Å². The maximum absolute atomic E-state index is 12.3. The van der Waals surface area contributed by atoms with Crippen LogP contribution in [0, 0.1) is 18.3 Å². The van der Waals surface area contributed by atoms with Crippen LogP contribution in [0.25, 0.3) is 6.08 Å². The van der Waals surface area contributed by atoms with Gasteiger partial charge in [-0.3, -0.25) is 4.79 Å². The molecule has 0 radical (unpaired) electrons. The maximum Gasteiger partial charge on any atom is 0.266 e. The SMILES string of the molecule is COc1ccccc1/C=C(\C#N)C(=O)Nc1ccc(Br)cc1C. The molecule has 23 heavy (non-hydrogen) atoms. The van der Waals surface area contributed by atoms with Gasteiger partial charge in [0, 0.05) is 15.7 Å². The Morgan fingerprint density at radius 3 is 2.70 bits per heavy atom. The summed E-state index contributed by atoms with van der Waals surface area (Å²) in [7, 11) is 1.55. The van der Waals surface area contributed by atoms with Gasteiger partial charge < -0.3 is 10.1 Å². The molecule has 0 unspecified atom stereocenters. The molecular weight excluding hydrogens is 356 g/mol. The van der Waals surface area contributed by atoms with Crippen molar-refractivity contribution in [2.24, 2.45) is 0 Å². The van der Waals surface area contributed by atoms with E-state index in [1.807, 2.05) is 37.3 Å². The average molecular weight is 371 g/mol. The van der Waals surface area contributed by atoms with Crippen LogP contribution in [0.2, 0.25) is 0 Å². The Morgan fingerprint density at radius 2 is 2.04 bits per heavy atom.